The van der Waals surface area contributed by atoms with Crippen LogP contribution in [-0.4, -0.2) is 41.0 Å². The van der Waals surface area contributed by atoms with Gasteiger partial charge in [0.05, 0.1) is 5.52 Å². The Labute approximate surface area is 163 Å². The number of hydrogen-bond donors (Lipinski definition) is 1. The molecule has 1 amide bonds. The molecule has 4 rings (SSSR count). The number of aryl methyl sites for hydroxylation is 2. The normalized spacial score (nSPS) is 13.7. The molecule has 2 aromatic heterocycles. The summed E-state index contributed by atoms with van der Waals surface area (Å²) in [6, 6.07) is 9.00. The third-order valence-corrected chi connectivity index (χ3v) is 5.11. The molecule has 0 aliphatic heterocycles. The fourth-order valence-electron chi connectivity index (χ4n) is 3.56. The van der Waals surface area contributed by atoms with Crippen LogP contribution < -0.4 is 11.1 Å². The van der Waals surface area contributed by atoms with Crippen molar-refractivity contribution in [2.24, 2.45) is 0 Å². The second kappa shape index (κ2) is 7.59. The second-order valence-electron chi connectivity index (χ2n) is 7.47. The van der Waals surface area contributed by atoms with Gasteiger partial charge in [0.15, 0.2) is 5.58 Å². The lowest BCUT2D eigenvalue weighted by Crippen LogP contribution is -2.23. The molecule has 0 spiro atoms. The molecule has 3 aromatic rings. The van der Waals surface area contributed by atoms with E-state index in [4.69, 9.17) is 4.42 Å². The lowest BCUT2D eigenvalue weighted by molar-refractivity contribution is 0.102. The standard InChI is InChI=1S/C21H24N4O3/c1-24(2)11-12-25-18-13-15(8-10-19(18)28-21(25)27)22-20(26)17-9-7-14-5-3-4-6-16(14)23-17/h7-10,13H,3-6,11-12H2,1-2H3,(H,22,26). The van der Waals surface area contributed by atoms with Crippen LogP contribution >= 0.6 is 0 Å². The molecular weight excluding hydrogens is 356 g/mol. The molecular formula is C21H24N4O3. The summed E-state index contributed by atoms with van der Waals surface area (Å²) in [6.45, 7) is 1.23. The quantitative estimate of drug-likeness (QED) is 0.736. The number of nitrogens with one attached hydrogen (secondary N) is 1. The summed E-state index contributed by atoms with van der Waals surface area (Å²) >= 11 is 0. The number of nitrogens with zero attached hydrogens (tertiary/aromatic N) is 3. The van der Waals surface area contributed by atoms with Gasteiger partial charge in [0.25, 0.3) is 5.91 Å². The molecule has 0 saturated heterocycles. The first-order chi connectivity index (χ1) is 13.5. The molecule has 28 heavy (non-hydrogen) atoms. The number of pyridine rings is 1. The first kappa shape index (κ1) is 18.4. The van der Waals surface area contributed by atoms with Gasteiger partial charge in [0.1, 0.15) is 5.69 Å². The van der Waals surface area contributed by atoms with Crippen molar-refractivity contribution in [2.45, 2.75) is 32.2 Å². The first-order valence-electron chi connectivity index (χ1n) is 9.59. The number of carbonyl (C=O) groups is 1. The van der Waals surface area contributed by atoms with Crippen molar-refractivity contribution in [1.82, 2.24) is 14.5 Å². The van der Waals surface area contributed by atoms with E-state index in [1.165, 1.54) is 12.0 Å². The Kier molecular flexibility index (Phi) is 5.00. The number of oxazole rings is 1. The Morgan fingerprint density at radius 2 is 2.04 bits per heavy atom. The highest BCUT2D eigenvalue weighted by Crippen LogP contribution is 2.21. The van der Waals surface area contributed by atoms with Crippen LogP contribution in [-0.2, 0) is 19.4 Å². The van der Waals surface area contributed by atoms with Crippen LogP contribution in [0.25, 0.3) is 11.1 Å². The van der Waals surface area contributed by atoms with E-state index in [2.05, 4.69) is 10.3 Å². The Bertz CT molecular complexity index is 1080. The number of fused-ring (bicyclic) bond motifs is 2. The van der Waals surface area contributed by atoms with Crippen molar-refractivity contribution in [1.29, 1.82) is 0 Å². The average molecular weight is 380 g/mol. The van der Waals surface area contributed by atoms with Gasteiger partial charge in [-0.15, -0.1) is 0 Å². The number of aromatic nitrogens is 2. The minimum atomic E-state index is -0.392. The lowest BCUT2D eigenvalue weighted by atomic mass is 9.96. The summed E-state index contributed by atoms with van der Waals surface area (Å²) in [5.41, 5.74) is 4.47. The van der Waals surface area contributed by atoms with Gasteiger partial charge >= 0.3 is 5.76 Å². The maximum Gasteiger partial charge on any atom is 0.419 e. The summed E-state index contributed by atoms with van der Waals surface area (Å²) in [5.74, 6) is -0.643. The highest BCUT2D eigenvalue weighted by atomic mass is 16.4. The Morgan fingerprint density at radius 3 is 2.86 bits per heavy atom. The largest absolute Gasteiger partial charge is 0.419 e. The van der Waals surface area contributed by atoms with Gasteiger partial charge in [0, 0.05) is 24.5 Å². The maximum atomic E-state index is 12.7. The van der Waals surface area contributed by atoms with Crippen LogP contribution in [0.3, 0.4) is 0 Å². The molecule has 0 bridgehead atoms. The molecule has 0 atom stereocenters. The van der Waals surface area contributed by atoms with Crippen LogP contribution in [0, 0.1) is 0 Å². The Balaban J connectivity index is 1.58. The molecule has 0 saturated carbocycles. The van der Waals surface area contributed by atoms with Gasteiger partial charge in [-0.3, -0.25) is 9.36 Å². The molecule has 1 aliphatic rings. The summed E-state index contributed by atoms with van der Waals surface area (Å²) in [6.07, 6.45) is 4.26. The Hall–Kier alpha value is -2.93. The van der Waals surface area contributed by atoms with Crippen molar-refractivity contribution in [3.05, 3.63) is 57.8 Å². The first-order valence-corrected chi connectivity index (χ1v) is 9.59. The summed E-state index contributed by atoms with van der Waals surface area (Å²) in [7, 11) is 3.90. The summed E-state index contributed by atoms with van der Waals surface area (Å²) in [5, 5.41) is 2.89. The van der Waals surface area contributed by atoms with E-state index in [0.717, 1.165) is 25.0 Å². The van der Waals surface area contributed by atoms with Crippen LogP contribution in [0.15, 0.2) is 39.5 Å². The zero-order valence-electron chi connectivity index (χ0n) is 16.2. The van der Waals surface area contributed by atoms with Gasteiger partial charge in [-0.05, 0) is 69.6 Å². The fraction of sp³-hybridized carbons (Fsp3) is 0.381. The minimum absolute atomic E-state index is 0.251. The maximum absolute atomic E-state index is 12.7. The van der Waals surface area contributed by atoms with Gasteiger partial charge in [-0.1, -0.05) is 6.07 Å². The predicted molar refractivity (Wildman–Crippen MR) is 108 cm³/mol. The molecule has 0 unspecified atom stereocenters. The van der Waals surface area contributed by atoms with Crippen LogP contribution in [0.2, 0.25) is 0 Å². The van der Waals surface area contributed by atoms with Crippen molar-refractivity contribution >= 4 is 22.7 Å². The van der Waals surface area contributed by atoms with Crippen LogP contribution in [0.1, 0.15) is 34.6 Å². The van der Waals surface area contributed by atoms with E-state index in [0.29, 0.717) is 35.6 Å². The number of carbonyl (C=O) groups excluding carboxylic acids is 1. The van der Waals surface area contributed by atoms with E-state index in [9.17, 15) is 9.59 Å². The third kappa shape index (κ3) is 3.71. The fourth-order valence-corrected chi connectivity index (χ4v) is 3.56. The predicted octanol–water partition coefficient (Wildman–Crippen LogP) is 2.68. The smallest absolute Gasteiger partial charge is 0.408 e. The average Bonchev–Trinajstić information content (AvgIpc) is 3.00. The van der Waals surface area contributed by atoms with E-state index in [1.54, 1.807) is 28.8 Å². The van der Waals surface area contributed by atoms with E-state index < -0.39 is 5.76 Å². The van der Waals surface area contributed by atoms with Crippen LogP contribution in [0.5, 0.6) is 0 Å². The summed E-state index contributed by atoms with van der Waals surface area (Å²) in [4.78, 5) is 31.3. The van der Waals surface area contributed by atoms with Crippen molar-refractivity contribution in [3.63, 3.8) is 0 Å². The van der Waals surface area contributed by atoms with Crippen LogP contribution in [0.4, 0.5) is 5.69 Å². The zero-order chi connectivity index (χ0) is 19.7. The number of anilines is 1. The highest BCUT2D eigenvalue weighted by Gasteiger charge is 2.16. The topological polar surface area (TPSA) is 80.4 Å². The molecule has 1 N–H and O–H groups in total. The zero-order valence-corrected chi connectivity index (χ0v) is 16.2. The van der Waals surface area contributed by atoms with Gasteiger partial charge in [-0.25, -0.2) is 9.78 Å². The monoisotopic (exact) mass is 380 g/mol. The van der Waals surface area contributed by atoms with E-state index in [-0.39, 0.29) is 5.91 Å². The SMILES string of the molecule is CN(C)CCn1c(=O)oc2ccc(NC(=O)c3ccc4c(n3)CCCC4)cc21. The van der Waals surface area contributed by atoms with Gasteiger partial charge < -0.3 is 14.6 Å². The molecule has 1 aromatic carbocycles. The number of hydrogen-bond acceptors (Lipinski definition) is 5. The van der Waals surface area contributed by atoms with E-state index in [1.807, 2.05) is 25.1 Å². The molecule has 1 aliphatic carbocycles. The molecule has 2 heterocycles. The number of amides is 1. The lowest BCUT2D eigenvalue weighted by Gasteiger charge is -2.15. The highest BCUT2D eigenvalue weighted by molar-refractivity contribution is 6.03. The van der Waals surface area contributed by atoms with Crippen molar-refractivity contribution in [2.75, 3.05) is 26.0 Å². The van der Waals surface area contributed by atoms with Gasteiger partial charge in [-0.2, -0.15) is 0 Å². The van der Waals surface area contributed by atoms with E-state index >= 15 is 0 Å². The minimum Gasteiger partial charge on any atom is -0.408 e. The third-order valence-electron chi connectivity index (χ3n) is 5.11. The summed E-state index contributed by atoms with van der Waals surface area (Å²) < 4.78 is 6.89. The molecule has 7 heteroatoms. The number of benzene rings is 1. The number of likely N-dealkylation sites (N-methyl/N-ethyl adjacent to an activating group) is 1. The van der Waals surface area contributed by atoms with Gasteiger partial charge in [0.2, 0.25) is 0 Å². The van der Waals surface area contributed by atoms with Crippen molar-refractivity contribution in [3.8, 4) is 0 Å². The molecule has 146 valence electrons. The molecule has 0 radical (unpaired) electrons. The molecule has 7 nitrogen and oxygen atoms in total. The second-order valence-corrected chi connectivity index (χ2v) is 7.47. The number of rotatable bonds is 5. The van der Waals surface area contributed by atoms with Crippen molar-refractivity contribution < 1.29 is 9.21 Å². The Morgan fingerprint density at radius 1 is 1.21 bits per heavy atom. The molecule has 0 fully saturated rings.